The van der Waals surface area contributed by atoms with Gasteiger partial charge in [-0.15, -0.1) is 0 Å². The van der Waals surface area contributed by atoms with Crippen molar-refractivity contribution in [2.24, 2.45) is 5.92 Å². The minimum absolute atomic E-state index is 0.0920. The zero-order chi connectivity index (χ0) is 23.9. The van der Waals surface area contributed by atoms with Gasteiger partial charge in [-0.2, -0.15) is 4.31 Å². The van der Waals surface area contributed by atoms with E-state index >= 15 is 0 Å². The quantitative estimate of drug-likeness (QED) is 0.495. The number of likely N-dealkylation sites (N-methyl/N-ethyl adjacent to an activating group) is 1. The molecule has 0 saturated carbocycles. The normalized spacial score (nSPS) is 15.1. The number of carbonyl (C=O) groups excluding carboxylic acids is 1. The summed E-state index contributed by atoms with van der Waals surface area (Å²) < 4.78 is 37.8. The minimum Gasteiger partial charge on any atom is -0.497 e. The summed E-state index contributed by atoms with van der Waals surface area (Å²) in [7, 11) is -0.690. The molecule has 2 amide bonds. The van der Waals surface area contributed by atoms with Gasteiger partial charge in [0.2, 0.25) is 15.9 Å². The van der Waals surface area contributed by atoms with Crippen LogP contribution in [0.4, 0.5) is 4.79 Å². The average molecular weight is 472 g/mol. The van der Waals surface area contributed by atoms with Crippen LogP contribution in [-0.4, -0.2) is 88.3 Å². The molecule has 10 nitrogen and oxygen atoms in total. The number of aryl methyl sites for hydroxylation is 2. The van der Waals surface area contributed by atoms with Gasteiger partial charge >= 0.3 is 6.09 Å². The molecular weight excluding hydrogens is 438 g/mol. The molecule has 2 rings (SSSR count). The van der Waals surface area contributed by atoms with E-state index in [2.05, 4.69) is 5.32 Å². The van der Waals surface area contributed by atoms with Gasteiger partial charge in [-0.05, 0) is 55.9 Å². The molecule has 0 spiro atoms. The Morgan fingerprint density at radius 2 is 1.81 bits per heavy atom. The summed E-state index contributed by atoms with van der Waals surface area (Å²) in [6, 6.07) is 3.37. The average Bonchev–Trinajstić information content (AvgIpc) is 2.74. The summed E-state index contributed by atoms with van der Waals surface area (Å²) >= 11 is 0. The van der Waals surface area contributed by atoms with Crippen molar-refractivity contribution in [3.8, 4) is 5.75 Å². The van der Waals surface area contributed by atoms with Crippen LogP contribution in [-0.2, 0) is 19.6 Å². The Labute approximate surface area is 189 Å². The van der Waals surface area contributed by atoms with Gasteiger partial charge in [0.05, 0.1) is 18.6 Å². The van der Waals surface area contributed by atoms with E-state index in [1.54, 1.807) is 30.9 Å². The van der Waals surface area contributed by atoms with E-state index in [1.165, 1.54) is 18.5 Å². The van der Waals surface area contributed by atoms with E-state index in [4.69, 9.17) is 14.6 Å². The lowest BCUT2D eigenvalue weighted by atomic mass is 9.97. The number of piperidine rings is 1. The molecule has 0 radical (unpaired) electrons. The molecule has 1 saturated heterocycles. The van der Waals surface area contributed by atoms with Crippen molar-refractivity contribution in [2.45, 2.75) is 31.6 Å². The van der Waals surface area contributed by atoms with Crippen LogP contribution >= 0.6 is 0 Å². The van der Waals surface area contributed by atoms with Gasteiger partial charge in [-0.25, -0.2) is 13.2 Å². The summed E-state index contributed by atoms with van der Waals surface area (Å²) in [4.78, 5) is 24.8. The molecule has 180 valence electrons. The molecule has 1 aliphatic rings. The molecule has 0 atom stereocenters. The van der Waals surface area contributed by atoms with Gasteiger partial charge in [0, 0.05) is 33.2 Å². The number of hydrogen-bond donors (Lipinski definition) is 2. The summed E-state index contributed by atoms with van der Waals surface area (Å²) in [6.07, 6.45) is 0.419. The van der Waals surface area contributed by atoms with Gasteiger partial charge in [-0.3, -0.25) is 4.79 Å². The van der Waals surface area contributed by atoms with E-state index in [9.17, 15) is 18.0 Å². The van der Waals surface area contributed by atoms with Crippen LogP contribution in [0.25, 0.3) is 0 Å². The number of nitrogens with zero attached hydrogens (tertiary/aromatic N) is 2. The number of hydrogen-bond acceptors (Lipinski definition) is 6. The lowest BCUT2D eigenvalue weighted by molar-refractivity contribution is -0.137. The highest BCUT2D eigenvalue weighted by Gasteiger charge is 2.26. The molecule has 0 bridgehead atoms. The Bertz CT molecular complexity index is 889. The number of ether oxygens (including phenoxy) is 2. The monoisotopic (exact) mass is 471 g/mol. The van der Waals surface area contributed by atoms with E-state index in [0.717, 1.165) is 12.8 Å². The minimum atomic E-state index is -3.71. The SMILES string of the molecule is COc1cc(C)c(S(=O)(=O)N(C)CCOCC(=O)N2CCC(CNC(=O)O)CC2)c(C)c1. The van der Waals surface area contributed by atoms with Crippen LogP contribution in [0.5, 0.6) is 5.75 Å². The molecule has 0 aliphatic carbocycles. The second kappa shape index (κ2) is 11.5. The van der Waals surface area contributed by atoms with E-state index in [-0.39, 0.29) is 36.5 Å². The Balaban J connectivity index is 1.79. The second-order valence-corrected chi connectivity index (χ2v) is 9.96. The fourth-order valence-electron chi connectivity index (χ4n) is 3.77. The number of benzene rings is 1. The number of amides is 2. The van der Waals surface area contributed by atoms with Gasteiger partial charge in [0.25, 0.3) is 0 Å². The summed E-state index contributed by atoms with van der Waals surface area (Å²) in [5.41, 5.74) is 1.21. The van der Waals surface area contributed by atoms with E-state index in [0.29, 0.717) is 36.5 Å². The fraction of sp³-hybridized carbons (Fsp3) is 0.619. The molecule has 1 aliphatic heterocycles. The van der Waals surface area contributed by atoms with Crippen LogP contribution < -0.4 is 10.1 Å². The molecule has 0 unspecified atom stereocenters. The molecule has 32 heavy (non-hydrogen) atoms. The highest BCUT2D eigenvalue weighted by atomic mass is 32.2. The first-order chi connectivity index (χ1) is 15.1. The van der Waals surface area contributed by atoms with Gasteiger partial charge in [0.1, 0.15) is 12.4 Å². The molecular formula is C21H33N3O7S. The smallest absolute Gasteiger partial charge is 0.404 e. The molecule has 1 heterocycles. The van der Waals surface area contributed by atoms with Crippen molar-refractivity contribution < 1.29 is 32.6 Å². The fourth-order valence-corrected chi connectivity index (χ4v) is 5.33. The third-order valence-electron chi connectivity index (χ3n) is 5.62. The molecule has 2 N–H and O–H groups in total. The maximum atomic E-state index is 13.0. The number of likely N-dealkylation sites (tertiary alicyclic amines) is 1. The first-order valence-electron chi connectivity index (χ1n) is 10.5. The lowest BCUT2D eigenvalue weighted by Gasteiger charge is -2.31. The predicted octanol–water partition coefficient (Wildman–Crippen LogP) is 1.46. The van der Waals surface area contributed by atoms with E-state index in [1.807, 2.05) is 0 Å². The Kier molecular flexibility index (Phi) is 9.29. The van der Waals surface area contributed by atoms with Crippen LogP contribution in [0.2, 0.25) is 0 Å². The maximum absolute atomic E-state index is 13.0. The number of carboxylic acid groups (broad SMARTS) is 1. The van der Waals surface area contributed by atoms with Gasteiger partial charge in [-0.1, -0.05) is 0 Å². The van der Waals surface area contributed by atoms with Crippen molar-refractivity contribution in [2.75, 3.05) is 53.6 Å². The van der Waals surface area contributed by atoms with E-state index < -0.39 is 16.1 Å². The number of nitrogens with one attached hydrogen (secondary N) is 1. The zero-order valence-electron chi connectivity index (χ0n) is 19.1. The molecule has 1 aromatic rings. The molecule has 1 fully saturated rings. The van der Waals surface area contributed by atoms with Crippen LogP contribution in [0.3, 0.4) is 0 Å². The standard InChI is InChI=1S/C21H33N3O7S/c1-15-11-18(30-4)12-16(2)20(15)32(28,29)23(3)9-10-31-14-19(25)24-7-5-17(6-8-24)13-22-21(26)27/h11-12,17,22H,5-10,13-14H2,1-4H3,(H,26,27). The topological polar surface area (TPSA) is 125 Å². The van der Waals surface area contributed by atoms with Gasteiger partial charge < -0.3 is 24.8 Å². The molecule has 0 aromatic heterocycles. The third kappa shape index (κ3) is 6.81. The van der Waals surface area contributed by atoms with Crippen molar-refractivity contribution >= 4 is 22.0 Å². The Morgan fingerprint density at radius 3 is 2.34 bits per heavy atom. The first kappa shape index (κ1) is 25.9. The van der Waals surface area contributed by atoms with Crippen molar-refractivity contribution in [1.82, 2.24) is 14.5 Å². The number of methoxy groups -OCH3 is 1. The number of rotatable bonds is 10. The Hall–Kier alpha value is -2.37. The van der Waals surface area contributed by atoms with Crippen LogP contribution in [0, 0.1) is 19.8 Å². The summed E-state index contributed by atoms with van der Waals surface area (Å²) in [5, 5.41) is 11.0. The summed E-state index contributed by atoms with van der Waals surface area (Å²) in [5.74, 6) is 0.674. The van der Waals surface area contributed by atoms with Crippen molar-refractivity contribution in [1.29, 1.82) is 0 Å². The largest absolute Gasteiger partial charge is 0.497 e. The van der Waals surface area contributed by atoms with Crippen molar-refractivity contribution in [3.63, 3.8) is 0 Å². The van der Waals surface area contributed by atoms with Crippen molar-refractivity contribution in [3.05, 3.63) is 23.3 Å². The molecule has 1 aromatic carbocycles. The zero-order valence-corrected chi connectivity index (χ0v) is 19.9. The Morgan fingerprint density at radius 1 is 1.22 bits per heavy atom. The highest BCUT2D eigenvalue weighted by molar-refractivity contribution is 7.89. The number of carbonyl (C=O) groups is 2. The number of sulfonamides is 1. The maximum Gasteiger partial charge on any atom is 0.404 e. The summed E-state index contributed by atoms with van der Waals surface area (Å²) in [6.45, 7) is 5.04. The predicted molar refractivity (Wildman–Crippen MR) is 118 cm³/mol. The second-order valence-electron chi connectivity index (χ2n) is 7.98. The molecule has 11 heteroatoms. The lowest BCUT2D eigenvalue weighted by Crippen LogP contribution is -2.43. The van der Waals surface area contributed by atoms with Gasteiger partial charge in [0.15, 0.2) is 0 Å². The van der Waals surface area contributed by atoms with Crippen LogP contribution in [0.15, 0.2) is 17.0 Å². The highest BCUT2D eigenvalue weighted by Crippen LogP contribution is 2.27. The third-order valence-corrected chi connectivity index (χ3v) is 7.79. The van der Waals surface area contributed by atoms with Crippen LogP contribution in [0.1, 0.15) is 24.0 Å². The first-order valence-corrected chi connectivity index (χ1v) is 11.9.